The quantitative estimate of drug-likeness (QED) is 0.238. The Morgan fingerprint density at radius 1 is 1.11 bits per heavy atom. The van der Waals surface area contributed by atoms with Crippen LogP contribution < -0.4 is 10.9 Å². The van der Waals surface area contributed by atoms with Gasteiger partial charge < -0.3 is 14.8 Å². The van der Waals surface area contributed by atoms with E-state index in [1.807, 2.05) is 42.9 Å². The summed E-state index contributed by atoms with van der Waals surface area (Å²) >= 11 is 2.00. The molecular formula is C30H40N8O4S3. The molecule has 1 N–H and O–H groups in total. The standard InChI is InChI=1S/C30H40N8O4S3/c1-35(2)15-17-44(40)26-20-36(3)28(33-26)24-18-22-19-31-30(32-23-11-9-21(10-12-23)25-8-6-7-16-43-25)34-27(22)38(29(24)39)14-13-37(4)45(5,41)42/h9-12,18-20,25H,6-8,13-17H2,1-5H3,(H,31,32,34). The van der Waals surface area contributed by atoms with Gasteiger partial charge in [-0.3, -0.25) is 13.6 Å². The molecule has 12 nitrogen and oxygen atoms in total. The van der Waals surface area contributed by atoms with Crippen LogP contribution in [0.15, 0.2) is 52.5 Å². The Kier molecular flexibility index (Phi) is 10.4. The first-order valence-electron chi connectivity index (χ1n) is 14.8. The average molecular weight is 673 g/mol. The predicted octanol–water partition coefficient (Wildman–Crippen LogP) is 3.45. The van der Waals surface area contributed by atoms with Gasteiger partial charge in [0.2, 0.25) is 16.0 Å². The highest BCUT2D eigenvalue weighted by molar-refractivity contribution is 7.99. The molecule has 1 fully saturated rings. The van der Waals surface area contributed by atoms with Gasteiger partial charge in [0, 0.05) is 68.2 Å². The van der Waals surface area contributed by atoms with Crippen molar-refractivity contribution in [2.24, 2.45) is 7.05 Å². The van der Waals surface area contributed by atoms with Crippen molar-refractivity contribution in [3.63, 3.8) is 0 Å². The third-order valence-electron chi connectivity index (χ3n) is 7.80. The zero-order valence-corrected chi connectivity index (χ0v) is 28.7. The monoisotopic (exact) mass is 672 g/mol. The Morgan fingerprint density at radius 2 is 1.87 bits per heavy atom. The molecule has 0 saturated carbocycles. The van der Waals surface area contributed by atoms with Crippen LogP contribution in [0, 0.1) is 0 Å². The SMILES string of the molecule is CN(C)CCS(=O)c1cn(C)c(-c2cc3cnc(Nc4ccc(C5CCCCS5)cc4)nc3n(CCN(C)S(C)(=O)=O)c2=O)n1. The molecule has 1 saturated heterocycles. The van der Waals surface area contributed by atoms with E-state index < -0.39 is 20.8 Å². The van der Waals surface area contributed by atoms with Crippen LogP contribution >= 0.6 is 11.8 Å². The van der Waals surface area contributed by atoms with E-state index in [1.165, 1.54) is 46.5 Å². The summed E-state index contributed by atoms with van der Waals surface area (Å²) in [5.74, 6) is 2.28. The van der Waals surface area contributed by atoms with Crippen LogP contribution in [0.3, 0.4) is 0 Å². The number of anilines is 2. The molecule has 242 valence electrons. The maximum absolute atomic E-state index is 14.0. The van der Waals surface area contributed by atoms with Gasteiger partial charge in [-0.15, -0.1) is 0 Å². The lowest BCUT2D eigenvalue weighted by Crippen LogP contribution is -2.33. The zero-order valence-electron chi connectivity index (χ0n) is 26.3. The predicted molar refractivity (Wildman–Crippen MR) is 182 cm³/mol. The molecular weight excluding hydrogens is 633 g/mol. The van der Waals surface area contributed by atoms with Gasteiger partial charge >= 0.3 is 0 Å². The van der Waals surface area contributed by atoms with Crippen LogP contribution in [0.1, 0.15) is 30.1 Å². The van der Waals surface area contributed by atoms with Gasteiger partial charge in [0.15, 0.2) is 0 Å². The van der Waals surface area contributed by atoms with E-state index in [0.29, 0.717) is 45.4 Å². The van der Waals surface area contributed by atoms with Crippen LogP contribution in [0.2, 0.25) is 0 Å². The third-order valence-corrected chi connectivity index (χ3v) is 11.8. The highest BCUT2D eigenvalue weighted by Gasteiger charge is 2.21. The molecule has 1 aliphatic rings. The van der Waals surface area contributed by atoms with E-state index in [9.17, 15) is 17.4 Å². The summed E-state index contributed by atoms with van der Waals surface area (Å²) in [6.07, 6.45) is 8.15. The summed E-state index contributed by atoms with van der Waals surface area (Å²) in [6.45, 7) is 0.751. The first-order valence-corrected chi connectivity index (χ1v) is 19.0. The molecule has 2 atom stereocenters. The van der Waals surface area contributed by atoms with Crippen molar-refractivity contribution in [1.29, 1.82) is 0 Å². The van der Waals surface area contributed by atoms with Crippen LogP contribution in [0.4, 0.5) is 11.6 Å². The van der Waals surface area contributed by atoms with Crippen molar-refractivity contribution in [3.8, 4) is 11.4 Å². The van der Waals surface area contributed by atoms with Gasteiger partial charge in [0.25, 0.3) is 5.56 Å². The fraction of sp³-hybridized carbons (Fsp3) is 0.467. The normalized spacial score (nSPS) is 16.5. The Balaban J connectivity index is 1.50. The second kappa shape index (κ2) is 14.1. The minimum atomic E-state index is -3.47. The fourth-order valence-electron chi connectivity index (χ4n) is 5.08. The third kappa shape index (κ3) is 8.01. The lowest BCUT2D eigenvalue weighted by molar-refractivity contribution is 0.435. The molecule has 0 radical (unpaired) electrons. The number of thioether (sulfide) groups is 1. The molecule has 45 heavy (non-hydrogen) atoms. The molecule has 3 aromatic heterocycles. The van der Waals surface area contributed by atoms with Gasteiger partial charge in [-0.1, -0.05) is 18.6 Å². The van der Waals surface area contributed by atoms with Crippen LogP contribution in [-0.2, 0) is 34.4 Å². The average Bonchev–Trinajstić information content (AvgIpc) is 3.40. The molecule has 4 aromatic rings. The van der Waals surface area contributed by atoms with Gasteiger partial charge in [-0.25, -0.2) is 22.7 Å². The number of sulfonamides is 1. The summed E-state index contributed by atoms with van der Waals surface area (Å²) in [4.78, 5) is 29.8. The van der Waals surface area contributed by atoms with E-state index in [4.69, 9.17) is 4.98 Å². The number of hydrogen-bond donors (Lipinski definition) is 1. The molecule has 2 unspecified atom stereocenters. The number of likely N-dealkylation sites (N-methyl/N-ethyl adjacent to an activating group) is 1. The Bertz CT molecular complexity index is 1850. The summed E-state index contributed by atoms with van der Waals surface area (Å²) < 4.78 is 41.5. The number of benzene rings is 1. The van der Waals surface area contributed by atoms with Gasteiger partial charge in [0.05, 0.1) is 22.6 Å². The second-order valence-corrected chi connectivity index (χ2v) is 16.5. The molecule has 15 heteroatoms. The number of nitrogens with zero attached hydrogens (tertiary/aromatic N) is 7. The number of imidazole rings is 1. The number of aromatic nitrogens is 5. The highest BCUT2D eigenvalue weighted by atomic mass is 32.2. The van der Waals surface area contributed by atoms with Gasteiger partial charge in [-0.05, 0) is 56.5 Å². The number of pyridine rings is 1. The lowest BCUT2D eigenvalue weighted by atomic mass is 10.1. The molecule has 0 aliphatic carbocycles. The second-order valence-electron chi connectivity index (χ2n) is 11.5. The Hall–Kier alpha value is -3.11. The molecule has 5 rings (SSSR count). The zero-order chi connectivity index (χ0) is 32.3. The molecule has 0 amide bonds. The van der Waals surface area contributed by atoms with Crippen molar-refractivity contribution in [1.82, 2.24) is 33.3 Å². The maximum atomic E-state index is 14.0. The smallest absolute Gasteiger partial charge is 0.263 e. The van der Waals surface area contributed by atoms with E-state index in [-0.39, 0.29) is 24.2 Å². The Morgan fingerprint density at radius 3 is 2.53 bits per heavy atom. The van der Waals surface area contributed by atoms with Crippen LogP contribution in [0.25, 0.3) is 22.4 Å². The molecule has 1 aliphatic heterocycles. The first kappa shape index (κ1) is 33.3. The van der Waals surface area contributed by atoms with Crippen molar-refractivity contribution < 1.29 is 12.6 Å². The van der Waals surface area contributed by atoms with Crippen molar-refractivity contribution in [3.05, 3.63) is 58.6 Å². The molecule has 0 spiro atoms. The Labute approximate surface area is 270 Å². The minimum Gasteiger partial charge on any atom is -0.333 e. The summed E-state index contributed by atoms with van der Waals surface area (Å²) in [7, 11) is 2.24. The molecule has 0 bridgehead atoms. The molecule has 1 aromatic carbocycles. The summed E-state index contributed by atoms with van der Waals surface area (Å²) in [5, 5.41) is 4.74. The number of hydrogen-bond acceptors (Lipinski definition) is 10. The topological polar surface area (TPSA) is 135 Å². The van der Waals surface area contributed by atoms with E-state index in [1.54, 1.807) is 30.1 Å². The fourth-order valence-corrected chi connectivity index (χ4v) is 8.03. The van der Waals surface area contributed by atoms with E-state index in [2.05, 4.69) is 27.4 Å². The van der Waals surface area contributed by atoms with E-state index >= 15 is 0 Å². The number of aryl methyl sites for hydroxylation is 1. The van der Waals surface area contributed by atoms with Crippen LogP contribution in [-0.4, -0.2) is 97.9 Å². The minimum absolute atomic E-state index is 0.0585. The van der Waals surface area contributed by atoms with E-state index in [0.717, 1.165) is 11.9 Å². The lowest BCUT2D eigenvalue weighted by Gasteiger charge is -2.21. The molecule has 4 heterocycles. The highest BCUT2D eigenvalue weighted by Crippen LogP contribution is 2.38. The summed E-state index contributed by atoms with van der Waals surface area (Å²) in [6, 6.07) is 9.96. The first-order chi connectivity index (χ1) is 21.4. The number of fused-ring (bicyclic) bond motifs is 1. The van der Waals surface area contributed by atoms with Crippen molar-refractivity contribution in [2.75, 3.05) is 57.3 Å². The number of nitrogens with one attached hydrogen (secondary N) is 1. The van der Waals surface area contributed by atoms with Crippen molar-refractivity contribution >= 4 is 55.3 Å². The van der Waals surface area contributed by atoms with Gasteiger partial charge in [-0.2, -0.15) is 16.7 Å². The maximum Gasteiger partial charge on any atom is 0.263 e. The van der Waals surface area contributed by atoms with Gasteiger partial charge in [0.1, 0.15) is 16.5 Å². The van der Waals surface area contributed by atoms with Crippen molar-refractivity contribution in [2.45, 2.75) is 36.1 Å². The largest absolute Gasteiger partial charge is 0.333 e. The van der Waals surface area contributed by atoms with Crippen LogP contribution in [0.5, 0.6) is 0 Å². The number of rotatable bonds is 12. The summed E-state index contributed by atoms with van der Waals surface area (Å²) in [5.41, 5.74) is 2.39.